The summed E-state index contributed by atoms with van der Waals surface area (Å²) in [6, 6.07) is 14.0. The second-order valence-electron chi connectivity index (χ2n) is 8.42. The molecule has 2 heterocycles. The number of hydrogen-bond donors (Lipinski definition) is 2. The molecule has 3 aromatic rings. The number of alkyl halides is 3. The largest absolute Gasteiger partial charge is 0.497 e. The molecule has 1 aliphatic heterocycles. The first-order valence-electron chi connectivity index (χ1n) is 11.2. The molecule has 0 radical (unpaired) electrons. The van der Waals surface area contributed by atoms with E-state index in [2.05, 4.69) is 22.5 Å². The minimum absolute atomic E-state index is 0.0571. The van der Waals surface area contributed by atoms with Crippen molar-refractivity contribution in [3.05, 3.63) is 54.2 Å². The Balaban J connectivity index is 1.58. The Morgan fingerprint density at radius 3 is 2.49 bits per heavy atom. The molecule has 0 saturated carbocycles. The van der Waals surface area contributed by atoms with Crippen LogP contribution >= 0.6 is 0 Å². The van der Waals surface area contributed by atoms with Crippen LogP contribution in [0, 0.1) is 11.8 Å². The molecule has 0 amide bonds. The van der Waals surface area contributed by atoms with Crippen LogP contribution in [0.15, 0.2) is 48.5 Å². The number of halogens is 3. The summed E-state index contributed by atoms with van der Waals surface area (Å²) in [7, 11) is -1.43. The average molecular weight is 506 g/mol. The smallest absolute Gasteiger partial charge is 0.406 e. The number of benzene rings is 2. The minimum Gasteiger partial charge on any atom is -0.497 e. The van der Waals surface area contributed by atoms with Crippen molar-refractivity contribution in [2.45, 2.75) is 31.6 Å². The van der Waals surface area contributed by atoms with E-state index in [9.17, 15) is 21.6 Å². The van der Waals surface area contributed by atoms with Gasteiger partial charge in [0.2, 0.25) is 0 Å². The average Bonchev–Trinajstić information content (AvgIpc) is 3.15. The number of ether oxygens (including phenoxy) is 1. The first-order chi connectivity index (χ1) is 16.6. The number of rotatable bonds is 6. The molecule has 2 aromatic carbocycles. The van der Waals surface area contributed by atoms with E-state index in [1.54, 1.807) is 43.5 Å². The van der Waals surface area contributed by atoms with Crippen molar-refractivity contribution in [3.8, 4) is 17.6 Å². The molecule has 1 aromatic heterocycles. The molecule has 35 heavy (non-hydrogen) atoms. The van der Waals surface area contributed by atoms with Gasteiger partial charge in [0.05, 0.1) is 36.4 Å². The zero-order chi connectivity index (χ0) is 25.1. The van der Waals surface area contributed by atoms with Gasteiger partial charge in [-0.25, -0.2) is 8.42 Å². The number of anilines is 2. The summed E-state index contributed by atoms with van der Waals surface area (Å²) in [5, 5.41) is 7.07. The predicted octanol–water partition coefficient (Wildman–Crippen LogP) is 4.66. The van der Waals surface area contributed by atoms with Crippen molar-refractivity contribution in [2.24, 2.45) is 0 Å². The van der Waals surface area contributed by atoms with Gasteiger partial charge in [0, 0.05) is 22.8 Å². The van der Waals surface area contributed by atoms with E-state index in [-0.39, 0.29) is 29.8 Å². The van der Waals surface area contributed by atoms with Crippen LogP contribution in [0.3, 0.4) is 0 Å². The molecule has 10 heteroatoms. The lowest BCUT2D eigenvalue weighted by molar-refractivity contribution is -0.140. The summed E-state index contributed by atoms with van der Waals surface area (Å²) in [5.74, 6) is 6.72. The third-order valence-electron chi connectivity index (χ3n) is 5.88. The lowest BCUT2D eigenvalue weighted by Gasteiger charge is -2.24. The molecule has 186 valence electrons. The first kappa shape index (κ1) is 24.8. The second-order valence-corrected chi connectivity index (χ2v) is 10.7. The highest BCUT2D eigenvalue weighted by atomic mass is 32.2. The Bertz CT molecular complexity index is 1340. The quantitative estimate of drug-likeness (QED) is 0.477. The van der Waals surface area contributed by atoms with Gasteiger partial charge in [0.25, 0.3) is 0 Å². The lowest BCUT2D eigenvalue weighted by Crippen LogP contribution is -2.32. The highest BCUT2D eigenvalue weighted by Crippen LogP contribution is 2.31. The van der Waals surface area contributed by atoms with Crippen LogP contribution in [0.1, 0.15) is 18.5 Å². The fourth-order valence-electron chi connectivity index (χ4n) is 4.11. The number of sulfone groups is 1. The van der Waals surface area contributed by atoms with Gasteiger partial charge >= 0.3 is 6.18 Å². The zero-order valence-corrected chi connectivity index (χ0v) is 20.0. The zero-order valence-electron chi connectivity index (χ0n) is 19.2. The molecule has 1 aliphatic rings. The first-order valence-corrected chi connectivity index (χ1v) is 13.0. The monoisotopic (exact) mass is 505 g/mol. The molecule has 0 bridgehead atoms. The van der Waals surface area contributed by atoms with E-state index in [1.165, 1.54) is 4.57 Å². The molecule has 0 atom stereocenters. The van der Waals surface area contributed by atoms with E-state index in [0.717, 1.165) is 11.4 Å². The van der Waals surface area contributed by atoms with Crippen LogP contribution in [0.5, 0.6) is 5.75 Å². The Morgan fingerprint density at radius 1 is 1.11 bits per heavy atom. The number of fused-ring (bicyclic) bond motifs is 1. The molecule has 1 fully saturated rings. The van der Waals surface area contributed by atoms with Gasteiger partial charge in [-0.1, -0.05) is 12.0 Å². The van der Waals surface area contributed by atoms with Gasteiger partial charge in [0.15, 0.2) is 0 Å². The van der Waals surface area contributed by atoms with E-state index >= 15 is 0 Å². The summed E-state index contributed by atoms with van der Waals surface area (Å²) < 4.78 is 69.9. The molecule has 1 saturated heterocycles. The van der Waals surface area contributed by atoms with Gasteiger partial charge in [-0.3, -0.25) is 0 Å². The number of aromatic nitrogens is 1. The van der Waals surface area contributed by atoms with Crippen molar-refractivity contribution < 1.29 is 26.3 Å². The fraction of sp³-hybridized carbons (Fsp3) is 0.360. The summed E-state index contributed by atoms with van der Waals surface area (Å²) in [6.07, 6.45) is -3.48. The maximum absolute atomic E-state index is 13.4. The Hall–Kier alpha value is -3.32. The normalized spacial score (nSPS) is 15.9. The van der Waals surface area contributed by atoms with Crippen LogP contribution < -0.4 is 15.4 Å². The van der Waals surface area contributed by atoms with Crippen molar-refractivity contribution in [1.82, 2.24) is 4.57 Å². The Kier molecular flexibility index (Phi) is 7.17. The number of nitrogens with one attached hydrogen (secondary N) is 2. The second kappa shape index (κ2) is 10.1. The van der Waals surface area contributed by atoms with Crippen molar-refractivity contribution in [3.63, 3.8) is 0 Å². The summed E-state index contributed by atoms with van der Waals surface area (Å²) >= 11 is 0. The van der Waals surface area contributed by atoms with Gasteiger partial charge in [-0.2, -0.15) is 13.2 Å². The summed E-state index contributed by atoms with van der Waals surface area (Å²) in [6.45, 7) is -0.904. The standard InChI is InChI=1S/C25H26F3N3O3S/c1-34-21-9-7-18(8-10-21)29-13-3-4-20-16-22-23(30-19-11-14-35(32,33)15-12-19)5-2-6-24(22)31(20)17-25(26,27)28/h2,5-10,16,19,29-30H,11-15,17H2,1H3. The topological polar surface area (TPSA) is 72.4 Å². The van der Waals surface area contributed by atoms with Crippen molar-refractivity contribution >= 4 is 32.1 Å². The van der Waals surface area contributed by atoms with Crippen LogP contribution in [0.25, 0.3) is 10.9 Å². The van der Waals surface area contributed by atoms with Crippen molar-refractivity contribution in [2.75, 3.05) is 35.8 Å². The van der Waals surface area contributed by atoms with E-state index in [1.807, 2.05) is 12.1 Å². The van der Waals surface area contributed by atoms with Crippen LogP contribution in [0.2, 0.25) is 0 Å². The van der Waals surface area contributed by atoms with Gasteiger partial charge in [-0.05, 0) is 61.2 Å². The molecule has 2 N–H and O–H groups in total. The Labute approximate surface area is 202 Å². The summed E-state index contributed by atoms with van der Waals surface area (Å²) in [5.41, 5.74) is 2.17. The SMILES string of the molecule is COc1ccc(NCC#Cc2cc3c(NC4CCS(=O)(=O)CC4)cccc3n2CC(F)(F)F)cc1. The van der Waals surface area contributed by atoms with Crippen LogP contribution in [-0.2, 0) is 16.4 Å². The molecule has 0 spiro atoms. The van der Waals surface area contributed by atoms with Gasteiger partial charge in [0.1, 0.15) is 22.1 Å². The highest BCUT2D eigenvalue weighted by molar-refractivity contribution is 7.91. The minimum atomic E-state index is -4.41. The van der Waals surface area contributed by atoms with Gasteiger partial charge < -0.3 is 19.9 Å². The van der Waals surface area contributed by atoms with Gasteiger partial charge in [-0.15, -0.1) is 0 Å². The molecule has 4 rings (SSSR count). The van der Waals surface area contributed by atoms with E-state index < -0.39 is 22.6 Å². The number of nitrogens with zero attached hydrogens (tertiary/aromatic N) is 1. The molecule has 0 aliphatic carbocycles. The molecular weight excluding hydrogens is 479 g/mol. The Morgan fingerprint density at radius 2 is 1.83 bits per heavy atom. The number of methoxy groups -OCH3 is 1. The molecule has 6 nitrogen and oxygen atoms in total. The lowest BCUT2D eigenvalue weighted by atomic mass is 10.1. The van der Waals surface area contributed by atoms with Crippen molar-refractivity contribution in [1.29, 1.82) is 0 Å². The van der Waals surface area contributed by atoms with Crippen LogP contribution in [-0.4, -0.2) is 50.4 Å². The highest BCUT2D eigenvalue weighted by Gasteiger charge is 2.30. The maximum atomic E-state index is 13.4. The summed E-state index contributed by atoms with van der Waals surface area (Å²) in [4.78, 5) is 0. The van der Waals surface area contributed by atoms with E-state index in [4.69, 9.17) is 4.74 Å². The molecular formula is C25H26F3N3O3S. The third-order valence-corrected chi connectivity index (χ3v) is 7.60. The number of hydrogen-bond acceptors (Lipinski definition) is 5. The predicted molar refractivity (Wildman–Crippen MR) is 132 cm³/mol. The maximum Gasteiger partial charge on any atom is 0.406 e. The van der Waals surface area contributed by atoms with E-state index in [0.29, 0.717) is 29.4 Å². The molecule has 0 unspecified atom stereocenters. The fourth-order valence-corrected chi connectivity index (χ4v) is 5.60. The third kappa shape index (κ3) is 6.42. The van der Waals surface area contributed by atoms with Crippen LogP contribution in [0.4, 0.5) is 24.5 Å².